The van der Waals surface area contributed by atoms with Crippen LogP contribution in [0.4, 0.5) is 10.5 Å². The topological polar surface area (TPSA) is 90.9 Å². The van der Waals surface area contributed by atoms with Crippen molar-refractivity contribution in [1.82, 2.24) is 0 Å². The molecular formula is C15H24NO6PS. The maximum Gasteiger partial charge on any atom is 0.412 e. The van der Waals surface area contributed by atoms with Crippen molar-refractivity contribution in [2.45, 2.75) is 40.2 Å². The first kappa shape index (κ1) is 20.7. The van der Waals surface area contributed by atoms with E-state index in [1.165, 1.54) is 12.0 Å². The third-order valence-electron chi connectivity index (χ3n) is 2.63. The third-order valence-corrected chi connectivity index (χ3v) is 6.44. The smallest absolute Gasteiger partial charge is 0.412 e. The second-order valence-electron chi connectivity index (χ2n) is 5.94. The molecule has 9 heteroatoms. The maximum absolute atomic E-state index is 12.7. The highest BCUT2D eigenvalue weighted by Gasteiger charge is 2.32. The second kappa shape index (κ2) is 8.14. The molecule has 24 heavy (non-hydrogen) atoms. The summed E-state index contributed by atoms with van der Waals surface area (Å²) in [5.41, 5.74) is -0.435. The monoisotopic (exact) mass is 377 g/mol. The molecule has 1 atom stereocenters. The van der Waals surface area contributed by atoms with E-state index in [4.69, 9.17) is 14.0 Å². The van der Waals surface area contributed by atoms with Crippen LogP contribution in [0.2, 0.25) is 0 Å². The Labute approximate surface area is 146 Å². The number of anilines is 1. The van der Waals surface area contributed by atoms with Gasteiger partial charge in [-0.2, -0.15) is 0 Å². The standard InChI is InChI=1S/C15H24NO6PS/c1-7-20-12(17)11-10(16-14(18)22-15(3,4)5)9-24-13(11)23(6,19)21-8-2/h9H,7-8H2,1-6H3,(H,16,18). The molecule has 0 aliphatic heterocycles. The van der Waals surface area contributed by atoms with Gasteiger partial charge in [0.2, 0.25) is 7.37 Å². The molecule has 0 spiro atoms. The number of nitrogens with one attached hydrogen (secondary N) is 1. The molecule has 1 heterocycles. The van der Waals surface area contributed by atoms with E-state index in [1.807, 2.05) is 0 Å². The second-order valence-corrected chi connectivity index (χ2v) is 9.52. The molecule has 7 nitrogen and oxygen atoms in total. The van der Waals surface area contributed by atoms with E-state index in [2.05, 4.69) is 5.32 Å². The summed E-state index contributed by atoms with van der Waals surface area (Å²) in [4.78, 5) is 24.2. The highest BCUT2D eigenvalue weighted by molar-refractivity contribution is 7.72. The van der Waals surface area contributed by atoms with Crippen LogP contribution in [-0.4, -0.2) is 37.5 Å². The number of rotatable bonds is 6. The fourth-order valence-electron chi connectivity index (χ4n) is 1.86. The van der Waals surface area contributed by atoms with Gasteiger partial charge in [0, 0.05) is 12.0 Å². The summed E-state index contributed by atoms with van der Waals surface area (Å²) >= 11 is 1.08. The molecule has 0 aromatic carbocycles. The maximum atomic E-state index is 12.7. The Morgan fingerprint density at radius 2 is 1.88 bits per heavy atom. The Kier molecular flexibility index (Phi) is 7.01. The first-order chi connectivity index (χ1) is 11.0. The lowest BCUT2D eigenvalue weighted by Gasteiger charge is -2.20. The lowest BCUT2D eigenvalue weighted by atomic mass is 10.2. The van der Waals surface area contributed by atoms with Gasteiger partial charge in [-0.15, -0.1) is 11.3 Å². The van der Waals surface area contributed by atoms with Crippen molar-refractivity contribution < 1.29 is 28.2 Å². The zero-order valence-electron chi connectivity index (χ0n) is 14.8. The van der Waals surface area contributed by atoms with Gasteiger partial charge in [0.05, 0.1) is 18.9 Å². The Balaban J connectivity index is 3.22. The Hall–Kier alpha value is -1.37. The van der Waals surface area contributed by atoms with Crippen molar-refractivity contribution in [3.05, 3.63) is 10.9 Å². The fourth-order valence-corrected chi connectivity index (χ4v) is 4.89. The van der Waals surface area contributed by atoms with E-state index in [9.17, 15) is 14.2 Å². The minimum absolute atomic E-state index is 0.0481. The molecule has 0 bridgehead atoms. The van der Waals surface area contributed by atoms with Gasteiger partial charge in [0.15, 0.2) is 0 Å². The Bertz CT molecular complexity index is 649. The van der Waals surface area contributed by atoms with E-state index < -0.39 is 25.0 Å². The number of ether oxygens (including phenoxy) is 2. The van der Waals surface area contributed by atoms with Crippen LogP contribution >= 0.6 is 18.7 Å². The molecule has 0 radical (unpaired) electrons. The minimum atomic E-state index is -3.20. The van der Waals surface area contributed by atoms with Gasteiger partial charge in [0.1, 0.15) is 15.8 Å². The summed E-state index contributed by atoms with van der Waals surface area (Å²) in [6.07, 6.45) is -0.709. The molecule has 1 unspecified atom stereocenters. The predicted molar refractivity (Wildman–Crippen MR) is 94.9 cm³/mol. The highest BCUT2D eigenvalue weighted by Crippen LogP contribution is 2.46. The molecule has 1 aromatic rings. The average Bonchev–Trinajstić information content (AvgIpc) is 2.81. The number of thiophene rings is 1. The zero-order valence-corrected chi connectivity index (χ0v) is 16.5. The lowest BCUT2D eigenvalue weighted by Crippen LogP contribution is -2.28. The molecule has 1 amide bonds. The van der Waals surface area contributed by atoms with Crippen LogP contribution in [0, 0.1) is 0 Å². The number of carbonyl (C=O) groups excluding carboxylic acids is 2. The zero-order chi connectivity index (χ0) is 18.5. The SMILES string of the molecule is CCOC(=O)c1c(NC(=O)OC(C)(C)C)csc1P(C)(=O)OCC. The predicted octanol–water partition coefficient (Wildman–Crippen LogP) is 3.84. The average molecular weight is 377 g/mol. The number of hydrogen-bond acceptors (Lipinski definition) is 7. The largest absolute Gasteiger partial charge is 0.462 e. The fraction of sp³-hybridized carbons (Fsp3) is 0.600. The molecule has 1 aromatic heterocycles. The van der Waals surface area contributed by atoms with Gasteiger partial charge < -0.3 is 14.0 Å². The molecule has 136 valence electrons. The van der Waals surface area contributed by atoms with E-state index in [0.29, 0.717) is 0 Å². The number of carbonyl (C=O) groups is 2. The highest BCUT2D eigenvalue weighted by atomic mass is 32.1. The summed E-state index contributed by atoms with van der Waals surface area (Å²) in [5.74, 6) is -0.665. The molecule has 0 saturated heterocycles. The van der Waals surface area contributed by atoms with E-state index in [1.54, 1.807) is 34.6 Å². The quantitative estimate of drug-likeness (QED) is 0.598. The van der Waals surface area contributed by atoms with Gasteiger partial charge in [-0.25, -0.2) is 9.59 Å². The van der Waals surface area contributed by atoms with E-state index >= 15 is 0 Å². The number of hydrogen-bond donors (Lipinski definition) is 1. The van der Waals surface area contributed by atoms with E-state index in [-0.39, 0.29) is 29.1 Å². The number of esters is 1. The molecule has 0 fully saturated rings. The molecule has 0 aliphatic rings. The van der Waals surface area contributed by atoms with E-state index in [0.717, 1.165) is 11.3 Å². The molecular weight excluding hydrogens is 353 g/mol. The van der Waals surface area contributed by atoms with Crippen LogP contribution in [0.15, 0.2) is 5.38 Å². The van der Waals surface area contributed by atoms with Crippen molar-refractivity contribution >= 4 is 41.1 Å². The van der Waals surface area contributed by atoms with Crippen molar-refractivity contribution in [3.63, 3.8) is 0 Å². The summed E-state index contributed by atoms with van der Waals surface area (Å²) in [7, 11) is -3.20. The molecule has 0 aliphatic carbocycles. The Morgan fingerprint density at radius 3 is 2.38 bits per heavy atom. The first-order valence-corrected chi connectivity index (χ1v) is 10.5. The van der Waals surface area contributed by atoms with Gasteiger partial charge in [-0.05, 0) is 34.6 Å². The van der Waals surface area contributed by atoms with Crippen LogP contribution in [0.1, 0.15) is 45.0 Å². The van der Waals surface area contributed by atoms with Gasteiger partial charge >= 0.3 is 12.1 Å². The van der Waals surface area contributed by atoms with Crippen molar-refractivity contribution in [1.29, 1.82) is 0 Å². The minimum Gasteiger partial charge on any atom is -0.462 e. The van der Waals surface area contributed by atoms with Crippen LogP contribution in [-0.2, 0) is 18.6 Å². The van der Waals surface area contributed by atoms with Gasteiger partial charge in [-0.3, -0.25) is 9.88 Å². The summed E-state index contributed by atoms with van der Waals surface area (Å²) in [6, 6.07) is 0. The van der Waals surface area contributed by atoms with Crippen LogP contribution in [0.5, 0.6) is 0 Å². The van der Waals surface area contributed by atoms with Crippen molar-refractivity contribution in [2.24, 2.45) is 0 Å². The Morgan fingerprint density at radius 1 is 1.25 bits per heavy atom. The number of amides is 1. The summed E-state index contributed by atoms with van der Waals surface area (Å²) in [6.45, 7) is 10.4. The van der Waals surface area contributed by atoms with Crippen LogP contribution in [0.3, 0.4) is 0 Å². The van der Waals surface area contributed by atoms with Crippen molar-refractivity contribution in [2.75, 3.05) is 25.2 Å². The normalized spacial score (nSPS) is 13.9. The lowest BCUT2D eigenvalue weighted by molar-refractivity contribution is 0.0529. The van der Waals surface area contributed by atoms with Gasteiger partial charge in [-0.1, -0.05) is 0 Å². The summed E-state index contributed by atoms with van der Waals surface area (Å²) < 4.78 is 28.5. The summed E-state index contributed by atoms with van der Waals surface area (Å²) in [5, 5.41) is 4.04. The third kappa shape index (κ3) is 5.61. The molecule has 0 saturated carbocycles. The molecule has 1 N–H and O–H groups in total. The van der Waals surface area contributed by atoms with Gasteiger partial charge in [0.25, 0.3) is 0 Å². The molecule has 1 rings (SSSR count). The van der Waals surface area contributed by atoms with Crippen molar-refractivity contribution in [3.8, 4) is 0 Å². The first-order valence-electron chi connectivity index (χ1n) is 7.53. The van der Waals surface area contributed by atoms with Crippen LogP contribution < -0.4 is 9.94 Å². The van der Waals surface area contributed by atoms with Crippen LogP contribution in [0.25, 0.3) is 0 Å².